The van der Waals surface area contributed by atoms with Gasteiger partial charge in [0.2, 0.25) is 0 Å². The summed E-state index contributed by atoms with van der Waals surface area (Å²) in [5.74, 6) is 2.29. The molecule has 2 heterocycles. The van der Waals surface area contributed by atoms with Crippen LogP contribution < -0.4 is 10.3 Å². The predicted molar refractivity (Wildman–Crippen MR) is 103 cm³/mol. The van der Waals surface area contributed by atoms with Gasteiger partial charge in [0.25, 0.3) is 5.56 Å². The van der Waals surface area contributed by atoms with Crippen molar-refractivity contribution in [2.75, 3.05) is 6.61 Å². The van der Waals surface area contributed by atoms with Gasteiger partial charge in [0.05, 0.1) is 17.9 Å². The summed E-state index contributed by atoms with van der Waals surface area (Å²) in [4.78, 5) is 20.3. The van der Waals surface area contributed by atoms with Crippen molar-refractivity contribution in [2.24, 2.45) is 0 Å². The highest BCUT2D eigenvalue weighted by molar-refractivity contribution is 6.17. The molecule has 0 aliphatic carbocycles. The number of rotatable bonds is 7. The Bertz CT molecular complexity index is 978. The van der Waals surface area contributed by atoms with Gasteiger partial charge in [-0.1, -0.05) is 19.9 Å². The van der Waals surface area contributed by atoms with Gasteiger partial charge in [0.15, 0.2) is 11.3 Å². The van der Waals surface area contributed by atoms with E-state index in [-0.39, 0.29) is 5.56 Å². The van der Waals surface area contributed by atoms with Gasteiger partial charge in [0.1, 0.15) is 11.6 Å². The Labute approximate surface area is 157 Å². The lowest BCUT2D eigenvalue weighted by atomic mass is 10.1. The number of aromatic amines is 1. The topological polar surface area (TPSA) is 72.3 Å². The first kappa shape index (κ1) is 18.5. The number of hydrogen-bond donors (Lipinski definition) is 1. The highest BCUT2D eigenvalue weighted by Crippen LogP contribution is 2.29. The first-order chi connectivity index (χ1) is 12.6. The van der Waals surface area contributed by atoms with Crippen LogP contribution in [-0.4, -0.2) is 26.2 Å². The van der Waals surface area contributed by atoms with Crippen LogP contribution in [0.2, 0.25) is 0 Å². The van der Waals surface area contributed by atoms with Crippen LogP contribution in [0.1, 0.15) is 44.3 Å². The molecule has 6 nitrogen and oxygen atoms in total. The molecular weight excluding hydrogens is 352 g/mol. The molecule has 1 aromatic carbocycles. The van der Waals surface area contributed by atoms with Gasteiger partial charge in [-0.3, -0.25) is 4.79 Å². The molecule has 0 radical (unpaired) electrons. The summed E-state index contributed by atoms with van der Waals surface area (Å²) in [6.07, 6.45) is 2.37. The highest BCUT2D eigenvalue weighted by atomic mass is 35.5. The zero-order valence-corrected chi connectivity index (χ0v) is 16.1. The van der Waals surface area contributed by atoms with E-state index >= 15 is 0 Å². The number of benzene rings is 1. The number of halogens is 1. The van der Waals surface area contributed by atoms with Crippen molar-refractivity contribution in [3.63, 3.8) is 0 Å². The van der Waals surface area contributed by atoms with Gasteiger partial charge >= 0.3 is 0 Å². The molecule has 0 atom stereocenters. The van der Waals surface area contributed by atoms with Gasteiger partial charge in [-0.2, -0.15) is 0 Å². The van der Waals surface area contributed by atoms with Crippen LogP contribution in [0.5, 0.6) is 5.75 Å². The van der Waals surface area contributed by atoms with E-state index in [9.17, 15) is 4.79 Å². The SMILES string of the molecule is CCCc1nc(CC)c2c(=O)[nH]c(-c3cc(CCl)ccc3OCC)nn12. The van der Waals surface area contributed by atoms with Crippen LogP contribution in [0.4, 0.5) is 0 Å². The predicted octanol–water partition coefficient (Wildman–Crippen LogP) is 3.74. The maximum absolute atomic E-state index is 12.8. The van der Waals surface area contributed by atoms with Crippen LogP contribution in [-0.2, 0) is 18.7 Å². The number of fused-ring (bicyclic) bond motifs is 1. The Kier molecular flexibility index (Phi) is 5.61. The molecule has 3 aromatic rings. The molecule has 0 unspecified atom stereocenters. The lowest BCUT2D eigenvalue weighted by Gasteiger charge is -2.11. The maximum Gasteiger partial charge on any atom is 0.277 e. The maximum atomic E-state index is 12.8. The fourth-order valence-electron chi connectivity index (χ4n) is 3.01. The molecule has 3 rings (SSSR count). The average Bonchev–Trinajstić information content (AvgIpc) is 3.01. The van der Waals surface area contributed by atoms with E-state index < -0.39 is 0 Å². The highest BCUT2D eigenvalue weighted by Gasteiger charge is 2.18. The average molecular weight is 375 g/mol. The second-order valence-electron chi connectivity index (χ2n) is 6.04. The molecule has 2 aromatic heterocycles. The minimum atomic E-state index is -0.194. The molecule has 0 amide bonds. The van der Waals surface area contributed by atoms with E-state index in [1.165, 1.54) is 0 Å². The van der Waals surface area contributed by atoms with Gasteiger partial charge in [-0.15, -0.1) is 16.7 Å². The van der Waals surface area contributed by atoms with E-state index in [1.807, 2.05) is 32.0 Å². The molecule has 26 heavy (non-hydrogen) atoms. The van der Waals surface area contributed by atoms with Crippen LogP contribution in [0.15, 0.2) is 23.0 Å². The quantitative estimate of drug-likeness (QED) is 0.639. The van der Waals surface area contributed by atoms with E-state index in [0.29, 0.717) is 36.0 Å². The van der Waals surface area contributed by atoms with Crippen molar-refractivity contribution in [3.8, 4) is 17.1 Å². The number of hydrogen-bond acceptors (Lipinski definition) is 4. The zero-order chi connectivity index (χ0) is 18.7. The molecule has 1 N–H and O–H groups in total. The number of ether oxygens (including phenoxy) is 1. The van der Waals surface area contributed by atoms with Crippen molar-refractivity contribution in [1.82, 2.24) is 19.6 Å². The van der Waals surface area contributed by atoms with Crippen LogP contribution >= 0.6 is 11.6 Å². The molecule has 0 fully saturated rings. The molecule has 0 spiro atoms. The largest absolute Gasteiger partial charge is 0.493 e. The summed E-state index contributed by atoms with van der Waals surface area (Å²) >= 11 is 5.98. The van der Waals surface area contributed by atoms with Crippen molar-refractivity contribution >= 4 is 17.1 Å². The van der Waals surface area contributed by atoms with Crippen LogP contribution in [0, 0.1) is 0 Å². The Morgan fingerprint density at radius 3 is 2.73 bits per heavy atom. The molecule has 0 aliphatic heterocycles. The number of H-pyrrole nitrogens is 1. The fourth-order valence-corrected chi connectivity index (χ4v) is 3.18. The number of alkyl halides is 1. The molecule has 0 saturated heterocycles. The molecule has 0 bridgehead atoms. The normalized spacial score (nSPS) is 11.2. The number of nitrogens with one attached hydrogen (secondary N) is 1. The van der Waals surface area contributed by atoms with Crippen molar-refractivity contribution in [1.29, 1.82) is 0 Å². The molecule has 0 saturated carbocycles. The molecular formula is C19H23ClN4O2. The standard InChI is InChI=1S/C19H23ClN4O2/c1-4-7-16-21-14(5-2)17-19(25)22-18(23-24(16)17)13-10-12(11-20)8-9-15(13)26-6-3/h8-10H,4-7,11H2,1-3H3,(H,22,23,25). The number of nitrogens with zero attached hydrogens (tertiary/aromatic N) is 3. The third-order valence-corrected chi connectivity index (χ3v) is 4.51. The van der Waals surface area contributed by atoms with E-state index in [0.717, 1.165) is 35.5 Å². The molecule has 7 heteroatoms. The minimum absolute atomic E-state index is 0.194. The summed E-state index contributed by atoms with van der Waals surface area (Å²) in [5.41, 5.74) is 2.75. The number of aryl methyl sites for hydroxylation is 2. The Morgan fingerprint density at radius 1 is 1.27 bits per heavy atom. The van der Waals surface area contributed by atoms with Crippen LogP contribution in [0.25, 0.3) is 16.9 Å². The van der Waals surface area contributed by atoms with Crippen molar-refractivity contribution in [2.45, 2.75) is 45.9 Å². The minimum Gasteiger partial charge on any atom is -0.493 e. The second kappa shape index (κ2) is 7.91. The van der Waals surface area contributed by atoms with E-state index in [4.69, 9.17) is 16.3 Å². The van der Waals surface area contributed by atoms with Gasteiger partial charge in [0, 0.05) is 12.3 Å². The smallest absolute Gasteiger partial charge is 0.277 e. The lowest BCUT2D eigenvalue weighted by molar-refractivity contribution is 0.341. The Morgan fingerprint density at radius 2 is 2.08 bits per heavy atom. The number of imidazole rings is 1. The first-order valence-electron chi connectivity index (χ1n) is 8.95. The fraction of sp³-hybridized carbons (Fsp3) is 0.421. The Hall–Kier alpha value is -2.34. The van der Waals surface area contributed by atoms with Crippen molar-refractivity contribution in [3.05, 3.63) is 45.6 Å². The third-order valence-electron chi connectivity index (χ3n) is 4.20. The van der Waals surface area contributed by atoms with E-state index in [2.05, 4.69) is 22.0 Å². The summed E-state index contributed by atoms with van der Waals surface area (Å²) < 4.78 is 7.40. The van der Waals surface area contributed by atoms with Crippen LogP contribution in [0.3, 0.4) is 0 Å². The number of aromatic nitrogens is 4. The van der Waals surface area contributed by atoms with Gasteiger partial charge < -0.3 is 9.72 Å². The lowest BCUT2D eigenvalue weighted by Crippen LogP contribution is -2.16. The van der Waals surface area contributed by atoms with E-state index in [1.54, 1.807) is 4.52 Å². The second-order valence-corrected chi connectivity index (χ2v) is 6.31. The molecule has 0 aliphatic rings. The van der Waals surface area contributed by atoms with Crippen molar-refractivity contribution < 1.29 is 4.74 Å². The first-order valence-corrected chi connectivity index (χ1v) is 9.49. The molecule has 138 valence electrons. The Balaban J connectivity index is 2.26. The summed E-state index contributed by atoms with van der Waals surface area (Å²) in [5, 5.41) is 4.69. The third kappa shape index (κ3) is 3.33. The summed E-state index contributed by atoms with van der Waals surface area (Å²) in [6.45, 7) is 6.51. The zero-order valence-electron chi connectivity index (χ0n) is 15.3. The van der Waals surface area contributed by atoms with Gasteiger partial charge in [-0.25, -0.2) is 9.50 Å². The summed E-state index contributed by atoms with van der Waals surface area (Å²) in [7, 11) is 0. The van der Waals surface area contributed by atoms with Gasteiger partial charge in [-0.05, 0) is 37.5 Å². The monoisotopic (exact) mass is 374 g/mol. The summed E-state index contributed by atoms with van der Waals surface area (Å²) in [6, 6.07) is 5.67.